The van der Waals surface area contributed by atoms with Crippen LogP contribution in [0.5, 0.6) is 0 Å². The predicted octanol–water partition coefficient (Wildman–Crippen LogP) is 4.56. The predicted molar refractivity (Wildman–Crippen MR) is 119 cm³/mol. The Hall–Kier alpha value is -2.62. The normalized spacial score (nSPS) is 33.3. The van der Waals surface area contributed by atoms with Gasteiger partial charge >= 0.3 is 0 Å². The van der Waals surface area contributed by atoms with Crippen molar-refractivity contribution >= 4 is 11.8 Å². The maximum Gasteiger partial charge on any atom is 0.272 e. The first kappa shape index (κ1) is 19.1. The van der Waals surface area contributed by atoms with Crippen molar-refractivity contribution in [1.29, 1.82) is 0 Å². The highest BCUT2D eigenvalue weighted by atomic mass is 16.2. The molecule has 7 rings (SSSR count). The molecule has 1 aliphatic heterocycles. The average molecular weight is 415 g/mol. The van der Waals surface area contributed by atoms with Crippen molar-refractivity contribution in [2.24, 2.45) is 17.3 Å². The van der Waals surface area contributed by atoms with Crippen LogP contribution >= 0.6 is 0 Å². The smallest absolute Gasteiger partial charge is 0.272 e. The summed E-state index contributed by atoms with van der Waals surface area (Å²) in [5.41, 5.74) is 7.35. The Labute approximate surface area is 184 Å². The van der Waals surface area contributed by atoms with Gasteiger partial charge in [0, 0.05) is 12.1 Å². The fourth-order valence-electron chi connectivity index (χ4n) is 7.55. The molecule has 31 heavy (non-hydrogen) atoms. The zero-order valence-electron chi connectivity index (χ0n) is 18.2. The number of amides is 2. The number of fused-ring (bicyclic) bond motifs is 1. The summed E-state index contributed by atoms with van der Waals surface area (Å²) in [6.45, 7) is 2.68. The molecule has 4 fully saturated rings. The van der Waals surface area contributed by atoms with Crippen LogP contribution in [-0.2, 0) is 16.6 Å². The highest BCUT2D eigenvalue weighted by Gasteiger charge is 2.61. The van der Waals surface area contributed by atoms with Crippen molar-refractivity contribution in [2.45, 2.75) is 57.3 Å². The van der Waals surface area contributed by atoms with Crippen molar-refractivity contribution in [1.82, 2.24) is 10.4 Å². The monoisotopic (exact) mass is 414 g/mol. The number of benzene rings is 2. The number of nitrogens with one attached hydrogen (secondary N) is 1. The van der Waals surface area contributed by atoms with Gasteiger partial charge in [0.25, 0.3) is 5.91 Å². The van der Waals surface area contributed by atoms with E-state index in [-0.39, 0.29) is 22.6 Å². The standard InChI is InChI=1S/C27H30N2O2/c1-18-6-8-22(9-7-18)26-13-19-12-20(14-26)16-27(15-19,17-26)25(31)28-29-11-10-21-4-2-3-5-23(21)24(29)30/h2-9,19-20H,10-17H2,1H3,(H,28,31). The number of hydrogen-bond donors (Lipinski definition) is 1. The number of aryl methyl sites for hydroxylation is 1. The highest BCUT2D eigenvalue weighted by molar-refractivity contribution is 5.98. The summed E-state index contributed by atoms with van der Waals surface area (Å²) in [7, 11) is 0. The first-order valence-electron chi connectivity index (χ1n) is 11.7. The van der Waals surface area contributed by atoms with Crippen LogP contribution in [0.25, 0.3) is 0 Å². The van der Waals surface area contributed by atoms with Crippen LogP contribution < -0.4 is 5.43 Å². The maximum absolute atomic E-state index is 13.7. The lowest BCUT2D eigenvalue weighted by atomic mass is 9.42. The molecule has 160 valence electrons. The van der Waals surface area contributed by atoms with Gasteiger partial charge in [-0.1, -0.05) is 48.0 Å². The molecule has 1 heterocycles. The van der Waals surface area contributed by atoms with E-state index < -0.39 is 0 Å². The molecule has 0 saturated heterocycles. The molecule has 2 unspecified atom stereocenters. The Bertz CT molecular complexity index is 1040. The van der Waals surface area contributed by atoms with Crippen LogP contribution in [0.1, 0.15) is 65.6 Å². The van der Waals surface area contributed by atoms with Gasteiger partial charge in [-0.25, -0.2) is 5.01 Å². The summed E-state index contributed by atoms with van der Waals surface area (Å²) < 4.78 is 0. The zero-order valence-corrected chi connectivity index (χ0v) is 18.2. The molecule has 0 spiro atoms. The fourth-order valence-corrected chi connectivity index (χ4v) is 7.55. The molecule has 4 aliphatic carbocycles. The minimum Gasteiger partial charge on any atom is -0.273 e. The van der Waals surface area contributed by atoms with Crippen molar-refractivity contribution in [2.75, 3.05) is 6.54 Å². The van der Waals surface area contributed by atoms with Gasteiger partial charge in [-0.2, -0.15) is 0 Å². The van der Waals surface area contributed by atoms with E-state index in [9.17, 15) is 9.59 Å². The summed E-state index contributed by atoms with van der Waals surface area (Å²) in [6, 6.07) is 16.8. The summed E-state index contributed by atoms with van der Waals surface area (Å²) >= 11 is 0. The van der Waals surface area contributed by atoms with Crippen LogP contribution in [0, 0.1) is 24.2 Å². The lowest BCUT2D eigenvalue weighted by Crippen LogP contribution is -2.62. The van der Waals surface area contributed by atoms with E-state index in [2.05, 4.69) is 36.6 Å². The fraction of sp³-hybridized carbons (Fsp3) is 0.481. The number of hydrazine groups is 1. The van der Waals surface area contributed by atoms with Crippen molar-refractivity contribution in [3.63, 3.8) is 0 Å². The van der Waals surface area contributed by atoms with Crippen molar-refractivity contribution < 1.29 is 9.59 Å². The first-order valence-corrected chi connectivity index (χ1v) is 11.7. The van der Waals surface area contributed by atoms with E-state index in [1.807, 2.05) is 24.3 Å². The van der Waals surface area contributed by atoms with Crippen LogP contribution in [0.4, 0.5) is 0 Å². The van der Waals surface area contributed by atoms with Crippen LogP contribution in [0.3, 0.4) is 0 Å². The second kappa shape index (κ2) is 6.69. The Morgan fingerprint density at radius 2 is 1.71 bits per heavy atom. The zero-order chi connectivity index (χ0) is 21.2. The molecule has 0 aromatic heterocycles. The number of nitrogens with zero attached hydrogens (tertiary/aromatic N) is 1. The number of hydrogen-bond acceptors (Lipinski definition) is 2. The third-order valence-corrected chi connectivity index (χ3v) is 8.54. The third kappa shape index (κ3) is 2.95. The first-order chi connectivity index (χ1) is 15.0. The average Bonchev–Trinajstić information content (AvgIpc) is 2.75. The molecule has 4 heteroatoms. The third-order valence-electron chi connectivity index (χ3n) is 8.54. The van der Waals surface area contributed by atoms with Gasteiger partial charge in [0.2, 0.25) is 5.91 Å². The largest absolute Gasteiger partial charge is 0.273 e. The lowest BCUT2D eigenvalue weighted by Gasteiger charge is -2.61. The Kier molecular flexibility index (Phi) is 4.12. The van der Waals surface area contributed by atoms with E-state index in [1.165, 1.54) is 30.4 Å². The molecule has 1 N–H and O–H groups in total. The summed E-state index contributed by atoms with van der Waals surface area (Å²) in [5, 5.41) is 1.57. The molecule has 4 bridgehead atoms. The van der Waals surface area contributed by atoms with Crippen molar-refractivity contribution in [3.05, 3.63) is 70.8 Å². The Balaban J connectivity index is 1.28. The topological polar surface area (TPSA) is 49.4 Å². The quantitative estimate of drug-likeness (QED) is 0.800. The maximum atomic E-state index is 13.7. The van der Waals surface area contributed by atoms with Crippen molar-refractivity contribution in [3.8, 4) is 0 Å². The molecule has 4 nitrogen and oxygen atoms in total. The molecular weight excluding hydrogens is 384 g/mol. The Morgan fingerprint density at radius 1 is 1.00 bits per heavy atom. The lowest BCUT2D eigenvalue weighted by molar-refractivity contribution is -0.153. The van der Waals surface area contributed by atoms with Crippen LogP contribution in [0.2, 0.25) is 0 Å². The van der Waals surface area contributed by atoms with Crippen LogP contribution in [-0.4, -0.2) is 23.4 Å². The molecule has 0 radical (unpaired) electrons. The van der Waals surface area contributed by atoms with E-state index in [0.29, 0.717) is 18.4 Å². The second-order valence-electron chi connectivity index (χ2n) is 10.7. The minimum atomic E-state index is -0.341. The summed E-state index contributed by atoms with van der Waals surface area (Å²) in [4.78, 5) is 26.8. The van der Waals surface area contributed by atoms with Gasteiger partial charge in [-0.3, -0.25) is 15.0 Å². The molecule has 2 atom stereocenters. The van der Waals surface area contributed by atoms with E-state index in [0.717, 1.165) is 36.8 Å². The molecule has 5 aliphatic rings. The van der Waals surface area contributed by atoms with Gasteiger partial charge in [0.15, 0.2) is 0 Å². The van der Waals surface area contributed by atoms with E-state index in [1.54, 1.807) is 5.01 Å². The van der Waals surface area contributed by atoms with Crippen LogP contribution in [0.15, 0.2) is 48.5 Å². The number of carbonyl (C=O) groups is 2. The molecule has 4 saturated carbocycles. The Morgan fingerprint density at radius 3 is 2.45 bits per heavy atom. The highest BCUT2D eigenvalue weighted by Crippen LogP contribution is 2.65. The van der Waals surface area contributed by atoms with E-state index in [4.69, 9.17) is 0 Å². The number of rotatable bonds is 3. The summed E-state index contributed by atoms with van der Waals surface area (Å²) in [6.07, 6.45) is 7.32. The molecular formula is C27H30N2O2. The van der Waals surface area contributed by atoms with Gasteiger partial charge in [0.05, 0.1) is 5.41 Å². The second-order valence-corrected chi connectivity index (χ2v) is 10.7. The summed E-state index contributed by atoms with van der Waals surface area (Å²) in [5.74, 6) is 1.23. The minimum absolute atomic E-state index is 0.0748. The number of carbonyl (C=O) groups excluding carboxylic acids is 2. The molecule has 2 amide bonds. The van der Waals surface area contributed by atoms with Gasteiger partial charge in [0.1, 0.15) is 0 Å². The molecule has 2 aromatic rings. The van der Waals surface area contributed by atoms with Gasteiger partial charge in [-0.15, -0.1) is 0 Å². The SMILES string of the molecule is Cc1ccc(C23CC4CC(CC(C(=O)NN5CCc6ccccc6C5=O)(C4)C2)C3)cc1. The van der Waals surface area contributed by atoms with E-state index >= 15 is 0 Å². The molecule has 2 aromatic carbocycles. The van der Waals surface area contributed by atoms with Gasteiger partial charge in [-0.05, 0) is 86.3 Å². The van der Waals surface area contributed by atoms with Gasteiger partial charge < -0.3 is 0 Å².